The third-order valence-electron chi connectivity index (χ3n) is 6.06. The Bertz CT molecular complexity index is 1220. The second-order valence-electron chi connectivity index (χ2n) is 8.85. The predicted molar refractivity (Wildman–Crippen MR) is 133 cm³/mol. The van der Waals surface area contributed by atoms with Crippen LogP contribution in [-0.4, -0.2) is 28.0 Å². The van der Waals surface area contributed by atoms with Crippen molar-refractivity contribution in [1.29, 1.82) is 0 Å². The highest BCUT2D eigenvalue weighted by molar-refractivity contribution is 8.02. The number of hydrogen-bond acceptors (Lipinski definition) is 4. The molecule has 2 aromatic carbocycles. The van der Waals surface area contributed by atoms with Crippen molar-refractivity contribution < 1.29 is 9.59 Å². The molecule has 2 amide bonds. The van der Waals surface area contributed by atoms with Crippen LogP contribution in [0.1, 0.15) is 40.2 Å². The summed E-state index contributed by atoms with van der Waals surface area (Å²) in [4.78, 5) is 31.0. The van der Waals surface area contributed by atoms with Crippen LogP contribution in [-0.2, 0) is 16.2 Å². The fourth-order valence-corrected chi connectivity index (χ4v) is 7.19. The van der Waals surface area contributed by atoms with Gasteiger partial charge in [0.25, 0.3) is 11.8 Å². The lowest BCUT2D eigenvalue weighted by molar-refractivity contribution is -0.123. The first-order chi connectivity index (χ1) is 15.2. The molecule has 1 fully saturated rings. The molecule has 0 radical (unpaired) electrons. The topological polar surface area (TPSA) is 40.6 Å². The summed E-state index contributed by atoms with van der Waals surface area (Å²) in [6.07, 6.45) is 0. The number of carbonyl (C=O) groups is 2. The molecule has 0 saturated carbocycles. The number of aryl methyl sites for hydroxylation is 1. The van der Waals surface area contributed by atoms with E-state index in [1.54, 1.807) is 16.7 Å². The molecule has 1 aromatic heterocycles. The lowest BCUT2D eigenvalue weighted by Gasteiger charge is -2.33. The summed E-state index contributed by atoms with van der Waals surface area (Å²) in [5.74, 6) is -0.200. The van der Waals surface area contributed by atoms with Gasteiger partial charge in [0.05, 0.1) is 17.1 Å². The fourth-order valence-electron chi connectivity index (χ4n) is 4.62. The van der Waals surface area contributed by atoms with Crippen molar-refractivity contribution in [2.45, 2.75) is 36.9 Å². The van der Waals surface area contributed by atoms with Gasteiger partial charge < -0.3 is 9.80 Å². The zero-order chi connectivity index (χ0) is 22.7. The Balaban J connectivity index is 1.67. The Morgan fingerprint density at radius 1 is 1.12 bits per heavy atom. The van der Waals surface area contributed by atoms with Gasteiger partial charge in [-0.2, -0.15) is 0 Å². The molecule has 2 aliphatic rings. The van der Waals surface area contributed by atoms with Gasteiger partial charge in [0, 0.05) is 21.9 Å². The van der Waals surface area contributed by atoms with E-state index in [2.05, 4.69) is 26.8 Å². The zero-order valence-corrected chi connectivity index (χ0v) is 20.5. The second kappa shape index (κ2) is 7.65. The molecule has 32 heavy (non-hydrogen) atoms. The molecular weight excluding hydrogens is 460 g/mol. The summed E-state index contributed by atoms with van der Waals surface area (Å²) < 4.78 is -0.291. The Labute approximate surface area is 201 Å². The van der Waals surface area contributed by atoms with Crippen molar-refractivity contribution in [3.63, 3.8) is 0 Å². The Morgan fingerprint density at radius 2 is 1.91 bits per heavy atom. The van der Waals surface area contributed by atoms with Crippen LogP contribution in [0.5, 0.6) is 0 Å². The molecule has 1 unspecified atom stereocenters. The van der Waals surface area contributed by atoms with E-state index >= 15 is 0 Å². The van der Waals surface area contributed by atoms with E-state index in [0.29, 0.717) is 23.0 Å². The molecule has 3 aromatic rings. The van der Waals surface area contributed by atoms with Crippen molar-refractivity contribution >= 4 is 52.2 Å². The molecule has 0 bridgehead atoms. The third-order valence-corrected chi connectivity index (χ3v) is 8.74. The van der Waals surface area contributed by atoms with Crippen LogP contribution in [0.4, 0.5) is 5.69 Å². The van der Waals surface area contributed by atoms with Gasteiger partial charge in [-0.1, -0.05) is 41.9 Å². The number of hydrogen-bond donors (Lipinski definition) is 0. The number of benzene rings is 2. The van der Waals surface area contributed by atoms with Crippen LogP contribution >= 0.6 is 34.7 Å². The van der Waals surface area contributed by atoms with Gasteiger partial charge in [-0.3, -0.25) is 9.59 Å². The number of thiophene rings is 1. The van der Waals surface area contributed by atoms with Crippen LogP contribution in [0.2, 0.25) is 5.02 Å². The van der Waals surface area contributed by atoms with E-state index in [9.17, 15) is 9.59 Å². The lowest BCUT2D eigenvalue weighted by Crippen LogP contribution is -2.50. The van der Waals surface area contributed by atoms with Gasteiger partial charge in [-0.05, 0) is 61.5 Å². The maximum atomic E-state index is 14.3. The Morgan fingerprint density at radius 3 is 2.62 bits per heavy atom. The number of thioether (sulfide) groups is 1. The van der Waals surface area contributed by atoms with E-state index in [4.69, 9.17) is 11.6 Å². The maximum Gasteiger partial charge on any atom is 0.268 e. The molecule has 5 rings (SSSR count). The van der Waals surface area contributed by atoms with Gasteiger partial charge in [-0.25, -0.2) is 0 Å². The van der Waals surface area contributed by atoms with Gasteiger partial charge in [0.1, 0.15) is 0 Å². The smallest absolute Gasteiger partial charge is 0.268 e. The van der Waals surface area contributed by atoms with Crippen LogP contribution in [0.15, 0.2) is 60.0 Å². The molecule has 164 valence electrons. The molecule has 1 spiro atoms. The predicted octanol–water partition coefficient (Wildman–Crippen LogP) is 6.08. The van der Waals surface area contributed by atoms with Crippen molar-refractivity contribution in [2.24, 2.45) is 0 Å². The van der Waals surface area contributed by atoms with E-state index in [0.717, 1.165) is 22.4 Å². The van der Waals surface area contributed by atoms with Crippen LogP contribution in [0, 0.1) is 6.92 Å². The fraction of sp³-hybridized carbons (Fsp3) is 0.280. The molecule has 0 N–H and O–H groups in total. The van der Waals surface area contributed by atoms with Crippen molar-refractivity contribution in [2.75, 3.05) is 11.4 Å². The average Bonchev–Trinajstić information content (AvgIpc) is 3.43. The third kappa shape index (κ3) is 3.28. The number of amides is 2. The molecule has 2 aliphatic heterocycles. The summed E-state index contributed by atoms with van der Waals surface area (Å²) >= 11 is 9.37. The number of halogens is 1. The summed E-state index contributed by atoms with van der Waals surface area (Å²) in [6.45, 7) is 7.15. The van der Waals surface area contributed by atoms with E-state index in [1.807, 2.05) is 58.8 Å². The lowest BCUT2D eigenvalue weighted by atomic mass is 10.0. The quantitative estimate of drug-likeness (QED) is 0.454. The van der Waals surface area contributed by atoms with Gasteiger partial charge in [0.15, 0.2) is 4.87 Å². The number of nitrogens with zero attached hydrogens (tertiary/aromatic N) is 2. The minimum absolute atomic E-state index is 0.0847. The van der Waals surface area contributed by atoms with Gasteiger partial charge in [-0.15, -0.1) is 23.1 Å². The average molecular weight is 483 g/mol. The highest BCUT2D eigenvalue weighted by Crippen LogP contribution is 2.60. The summed E-state index contributed by atoms with van der Waals surface area (Å²) in [7, 11) is 0. The second-order valence-corrected chi connectivity index (χ2v) is 12.1. The van der Waals surface area contributed by atoms with E-state index in [-0.39, 0.29) is 16.6 Å². The van der Waals surface area contributed by atoms with Crippen molar-refractivity contribution in [3.05, 3.63) is 86.6 Å². The monoisotopic (exact) mass is 482 g/mol. The summed E-state index contributed by atoms with van der Waals surface area (Å²) in [6, 6.07) is 17.3. The van der Waals surface area contributed by atoms with E-state index in [1.165, 1.54) is 11.3 Å². The Kier molecular flexibility index (Phi) is 5.15. The zero-order valence-electron chi connectivity index (χ0n) is 18.1. The number of fused-ring (bicyclic) bond motifs is 2. The normalized spacial score (nSPS) is 21.4. The van der Waals surface area contributed by atoms with Crippen molar-refractivity contribution in [1.82, 2.24) is 4.90 Å². The summed E-state index contributed by atoms with van der Waals surface area (Å²) in [5, 5.41) is 2.45. The molecule has 0 aliphatic carbocycles. The minimum atomic E-state index is -1.13. The first-order valence-corrected chi connectivity index (χ1v) is 12.5. The maximum absolute atomic E-state index is 14.3. The molecular formula is C25H23ClN2O2S2. The minimum Gasteiger partial charge on any atom is -0.309 e. The van der Waals surface area contributed by atoms with Crippen molar-refractivity contribution in [3.8, 4) is 0 Å². The van der Waals surface area contributed by atoms with E-state index < -0.39 is 4.87 Å². The first kappa shape index (κ1) is 21.6. The van der Waals surface area contributed by atoms with Gasteiger partial charge >= 0.3 is 0 Å². The SMILES string of the molecule is Cc1ccccc1CN1C(=O)C2(SC(C)(C)CN2C(=O)c2cccs2)c2cc(Cl)ccc21. The highest BCUT2D eigenvalue weighted by Gasteiger charge is 2.63. The molecule has 3 heterocycles. The first-order valence-electron chi connectivity index (χ1n) is 10.5. The largest absolute Gasteiger partial charge is 0.309 e. The molecule has 1 saturated heterocycles. The molecule has 7 heteroatoms. The Hall–Kier alpha value is -2.28. The van der Waals surface area contributed by atoms with Gasteiger partial charge in [0.2, 0.25) is 0 Å². The van der Waals surface area contributed by atoms with Crippen LogP contribution < -0.4 is 4.90 Å². The summed E-state index contributed by atoms with van der Waals surface area (Å²) in [5.41, 5.74) is 3.82. The molecule has 4 nitrogen and oxygen atoms in total. The number of rotatable bonds is 3. The number of anilines is 1. The standard InChI is InChI=1S/C25H23ClN2O2S2/c1-16-7-4-5-8-17(16)14-27-20-11-10-18(26)13-19(20)25(23(27)30)28(15-24(2,3)32-25)22(29)21-9-6-12-31-21/h4-13H,14-15H2,1-3H3. The van der Waals surface area contributed by atoms with Crippen LogP contribution in [0.25, 0.3) is 0 Å². The van der Waals surface area contributed by atoms with Crippen LogP contribution in [0.3, 0.4) is 0 Å². The number of carbonyl (C=O) groups excluding carboxylic acids is 2. The molecule has 1 atom stereocenters. The highest BCUT2D eigenvalue weighted by atomic mass is 35.5.